The van der Waals surface area contributed by atoms with Gasteiger partial charge in [-0.2, -0.15) is 4.37 Å². The van der Waals surface area contributed by atoms with E-state index < -0.39 is 0 Å². The maximum absolute atomic E-state index is 13.4. The molecule has 1 aromatic carbocycles. The van der Waals surface area contributed by atoms with E-state index in [9.17, 15) is 9.18 Å². The van der Waals surface area contributed by atoms with Gasteiger partial charge in [-0.25, -0.2) is 4.39 Å². The fraction of sp³-hybridized carbons (Fsp3) is 0.438. The van der Waals surface area contributed by atoms with Crippen LogP contribution >= 0.6 is 11.7 Å². The number of halogens is 1. The van der Waals surface area contributed by atoms with E-state index in [1.54, 1.807) is 17.0 Å². The Morgan fingerprint density at radius 2 is 2.12 bits per heavy atom. The summed E-state index contributed by atoms with van der Waals surface area (Å²) in [6.07, 6.45) is 0.00277. The first kappa shape index (κ1) is 16.8. The number of nitrogens with zero attached hydrogens (tertiary/aromatic N) is 3. The van der Waals surface area contributed by atoms with Crippen LogP contribution in [0.1, 0.15) is 13.8 Å². The van der Waals surface area contributed by atoms with Crippen LogP contribution in [0.15, 0.2) is 24.3 Å². The van der Waals surface area contributed by atoms with E-state index in [2.05, 4.69) is 8.75 Å². The average Bonchev–Trinajstić information content (AvgIpc) is 3.00. The standard InChI is InChI=1S/C16H18FN3O3S/c1-10-7-20(8-11(2)23-10)14(21)9-22-16-15(18-24-19-16)12-4-3-5-13(17)6-12/h3-6,10-11H,7-9H2,1-2H3. The zero-order valence-corrected chi connectivity index (χ0v) is 14.3. The van der Waals surface area contributed by atoms with Crippen molar-refractivity contribution in [2.75, 3.05) is 19.7 Å². The number of morpholine rings is 1. The third kappa shape index (κ3) is 3.88. The smallest absolute Gasteiger partial charge is 0.260 e. The molecule has 1 amide bonds. The molecule has 0 radical (unpaired) electrons. The van der Waals surface area contributed by atoms with Crippen LogP contribution in [-0.4, -0.2) is 51.5 Å². The summed E-state index contributed by atoms with van der Waals surface area (Å²) < 4.78 is 32.7. The summed E-state index contributed by atoms with van der Waals surface area (Å²) in [6, 6.07) is 6.03. The summed E-state index contributed by atoms with van der Waals surface area (Å²) in [5, 5.41) is 0. The van der Waals surface area contributed by atoms with E-state index in [4.69, 9.17) is 9.47 Å². The van der Waals surface area contributed by atoms with Crippen LogP contribution in [-0.2, 0) is 9.53 Å². The van der Waals surface area contributed by atoms with E-state index in [-0.39, 0.29) is 36.4 Å². The van der Waals surface area contributed by atoms with Gasteiger partial charge in [-0.1, -0.05) is 12.1 Å². The van der Waals surface area contributed by atoms with Crippen molar-refractivity contribution in [3.63, 3.8) is 0 Å². The highest BCUT2D eigenvalue weighted by Gasteiger charge is 2.26. The van der Waals surface area contributed by atoms with E-state index in [1.165, 1.54) is 12.1 Å². The largest absolute Gasteiger partial charge is 0.465 e. The number of carbonyl (C=O) groups excluding carboxylic acids is 1. The molecule has 2 unspecified atom stereocenters. The molecule has 6 nitrogen and oxygen atoms in total. The first-order chi connectivity index (χ1) is 11.5. The highest BCUT2D eigenvalue weighted by Crippen LogP contribution is 2.28. The number of rotatable bonds is 4. The molecule has 2 aromatic rings. The second-order valence-corrected chi connectivity index (χ2v) is 6.30. The van der Waals surface area contributed by atoms with Crippen LogP contribution in [0.4, 0.5) is 4.39 Å². The Hall–Kier alpha value is -2.06. The quantitative estimate of drug-likeness (QED) is 0.846. The van der Waals surface area contributed by atoms with Crippen molar-refractivity contribution in [2.24, 2.45) is 0 Å². The second kappa shape index (κ2) is 7.23. The summed E-state index contributed by atoms with van der Waals surface area (Å²) in [4.78, 5) is 14.0. The van der Waals surface area contributed by atoms with Crippen molar-refractivity contribution in [1.29, 1.82) is 0 Å². The lowest BCUT2D eigenvalue weighted by atomic mass is 10.1. The van der Waals surface area contributed by atoms with Gasteiger partial charge in [0.25, 0.3) is 11.8 Å². The summed E-state index contributed by atoms with van der Waals surface area (Å²) in [7, 11) is 0. The molecule has 8 heteroatoms. The summed E-state index contributed by atoms with van der Waals surface area (Å²) in [5.41, 5.74) is 1.01. The van der Waals surface area contributed by atoms with Gasteiger partial charge >= 0.3 is 0 Å². The van der Waals surface area contributed by atoms with Gasteiger partial charge in [0.2, 0.25) is 0 Å². The van der Waals surface area contributed by atoms with Crippen molar-refractivity contribution < 1.29 is 18.7 Å². The van der Waals surface area contributed by atoms with E-state index in [1.807, 2.05) is 13.8 Å². The van der Waals surface area contributed by atoms with Crippen molar-refractivity contribution in [3.05, 3.63) is 30.1 Å². The van der Waals surface area contributed by atoms with Gasteiger partial charge in [0.15, 0.2) is 6.61 Å². The molecule has 2 atom stereocenters. The Morgan fingerprint density at radius 1 is 1.38 bits per heavy atom. The fourth-order valence-electron chi connectivity index (χ4n) is 2.69. The molecule has 1 fully saturated rings. The lowest BCUT2D eigenvalue weighted by molar-refractivity contribution is -0.145. The Kier molecular flexibility index (Phi) is 5.06. The normalized spacial score (nSPS) is 20.9. The highest BCUT2D eigenvalue weighted by molar-refractivity contribution is 6.99. The molecule has 1 saturated heterocycles. The Labute approximate surface area is 143 Å². The number of amides is 1. The third-order valence-corrected chi connectivity index (χ3v) is 4.17. The summed E-state index contributed by atoms with van der Waals surface area (Å²) in [5.74, 6) is -0.248. The molecule has 1 aliphatic rings. The molecule has 0 aliphatic carbocycles. The molecular weight excluding hydrogens is 333 g/mol. The molecular formula is C16H18FN3O3S. The number of hydrogen-bond donors (Lipinski definition) is 0. The molecule has 2 heterocycles. The molecule has 1 aromatic heterocycles. The van der Waals surface area contributed by atoms with Gasteiger partial charge in [-0.3, -0.25) is 4.79 Å². The van der Waals surface area contributed by atoms with Crippen LogP contribution in [0.3, 0.4) is 0 Å². The van der Waals surface area contributed by atoms with Crippen LogP contribution < -0.4 is 4.74 Å². The average molecular weight is 351 g/mol. The topological polar surface area (TPSA) is 64.6 Å². The number of ether oxygens (including phenoxy) is 2. The molecule has 0 saturated carbocycles. The number of carbonyl (C=O) groups is 1. The van der Waals surface area contributed by atoms with Crippen molar-refractivity contribution >= 4 is 17.6 Å². The molecule has 0 bridgehead atoms. The summed E-state index contributed by atoms with van der Waals surface area (Å²) in [6.45, 7) is 4.82. The van der Waals surface area contributed by atoms with Gasteiger partial charge in [0.1, 0.15) is 11.5 Å². The highest BCUT2D eigenvalue weighted by atomic mass is 32.1. The summed E-state index contributed by atoms with van der Waals surface area (Å²) >= 11 is 0.963. The van der Waals surface area contributed by atoms with Crippen molar-refractivity contribution in [3.8, 4) is 17.1 Å². The Morgan fingerprint density at radius 3 is 2.83 bits per heavy atom. The van der Waals surface area contributed by atoms with E-state index in [0.717, 1.165) is 11.7 Å². The number of benzene rings is 1. The zero-order chi connectivity index (χ0) is 17.1. The van der Waals surface area contributed by atoms with Gasteiger partial charge in [-0.15, -0.1) is 4.37 Å². The van der Waals surface area contributed by atoms with Crippen LogP contribution in [0.5, 0.6) is 5.88 Å². The van der Waals surface area contributed by atoms with Crippen molar-refractivity contribution in [1.82, 2.24) is 13.6 Å². The predicted molar refractivity (Wildman–Crippen MR) is 87.4 cm³/mol. The molecule has 128 valence electrons. The Bertz CT molecular complexity index is 714. The Balaban J connectivity index is 1.65. The first-order valence-corrected chi connectivity index (χ1v) is 8.40. The van der Waals surface area contributed by atoms with Crippen molar-refractivity contribution in [2.45, 2.75) is 26.1 Å². The molecule has 24 heavy (non-hydrogen) atoms. The first-order valence-electron chi connectivity index (χ1n) is 7.67. The third-order valence-electron chi connectivity index (χ3n) is 3.66. The number of aromatic nitrogens is 2. The maximum atomic E-state index is 13.4. The van der Waals surface area contributed by atoms with Gasteiger partial charge in [-0.05, 0) is 26.0 Å². The zero-order valence-electron chi connectivity index (χ0n) is 13.4. The van der Waals surface area contributed by atoms with E-state index >= 15 is 0 Å². The van der Waals surface area contributed by atoms with Crippen LogP contribution in [0.25, 0.3) is 11.3 Å². The minimum Gasteiger partial charge on any atom is -0.465 e. The second-order valence-electron chi connectivity index (χ2n) is 5.77. The van der Waals surface area contributed by atoms with Gasteiger partial charge < -0.3 is 14.4 Å². The minimum absolute atomic E-state index is 0.00138. The van der Waals surface area contributed by atoms with Gasteiger partial charge in [0, 0.05) is 18.7 Å². The van der Waals surface area contributed by atoms with Crippen LogP contribution in [0, 0.1) is 5.82 Å². The molecule has 0 N–H and O–H groups in total. The molecule has 1 aliphatic heterocycles. The monoisotopic (exact) mass is 351 g/mol. The minimum atomic E-state index is -0.362. The lowest BCUT2D eigenvalue weighted by Crippen LogP contribution is -2.49. The molecule has 3 rings (SSSR count). The predicted octanol–water partition coefficient (Wildman–Crippen LogP) is 2.36. The lowest BCUT2D eigenvalue weighted by Gasteiger charge is -2.35. The maximum Gasteiger partial charge on any atom is 0.260 e. The number of hydrogen-bond acceptors (Lipinski definition) is 6. The van der Waals surface area contributed by atoms with E-state index in [0.29, 0.717) is 24.3 Å². The fourth-order valence-corrected chi connectivity index (χ4v) is 3.21. The van der Waals surface area contributed by atoms with Gasteiger partial charge in [0.05, 0.1) is 23.9 Å². The SMILES string of the molecule is CC1CN(C(=O)COc2nsnc2-c2cccc(F)c2)CC(C)O1. The van der Waals surface area contributed by atoms with Crippen LogP contribution in [0.2, 0.25) is 0 Å². The molecule has 0 spiro atoms.